The van der Waals surface area contributed by atoms with Gasteiger partial charge in [-0.25, -0.2) is 0 Å². The lowest BCUT2D eigenvalue weighted by atomic mass is 10.4. The highest BCUT2D eigenvalue weighted by Gasteiger charge is 1.95. The van der Waals surface area contributed by atoms with Gasteiger partial charge in [-0.15, -0.1) is 12.6 Å². The smallest absolute Gasteiger partial charge is 0.0635 e. The summed E-state index contributed by atoms with van der Waals surface area (Å²) in [5.41, 5.74) is 0. The normalized spacial score (nSPS) is 11.1. The van der Waals surface area contributed by atoms with Crippen LogP contribution in [-0.4, -0.2) is 0 Å². The van der Waals surface area contributed by atoms with Gasteiger partial charge in [0.05, 0.1) is 1.37 Å². The summed E-state index contributed by atoms with van der Waals surface area (Å²) in [6.45, 7) is 0. The molecule has 0 atom stereocenters. The number of rotatable bonds is 2. The third-order valence-electron chi connectivity index (χ3n) is 1.75. The molecule has 14 heavy (non-hydrogen) atoms. The second-order valence-corrected chi connectivity index (χ2v) is 4.45. The van der Waals surface area contributed by atoms with Crippen molar-refractivity contribution in [2.45, 2.75) is 14.7 Å². The Labute approximate surface area is 95.2 Å². The summed E-state index contributed by atoms with van der Waals surface area (Å²) < 4.78 is 7.64. The zero-order valence-corrected chi connectivity index (χ0v) is 9.19. The van der Waals surface area contributed by atoms with E-state index >= 15 is 0 Å². The maximum Gasteiger partial charge on any atom is 0.0635 e. The summed E-state index contributed by atoms with van der Waals surface area (Å²) >= 11 is 5.83. The Morgan fingerprint density at radius 1 is 0.929 bits per heavy atom. The minimum atomic E-state index is 0.472. The van der Waals surface area contributed by atoms with Crippen LogP contribution in [0.3, 0.4) is 0 Å². The van der Waals surface area contributed by atoms with Crippen molar-refractivity contribution in [2.75, 3.05) is 0 Å². The lowest BCUT2D eigenvalue weighted by Crippen LogP contribution is -1.72. The van der Waals surface area contributed by atoms with E-state index in [1.807, 2.05) is 36.4 Å². The average Bonchev–Trinajstić information content (AvgIpc) is 2.25. The third kappa shape index (κ3) is 2.56. The zero-order chi connectivity index (χ0) is 10.7. The predicted molar refractivity (Wildman–Crippen MR) is 64.3 cm³/mol. The number of hydrogen-bond donors (Lipinski definition) is 1. The third-order valence-corrected chi connectivity index (χ3v) is 3.02. The molecule has 0 aliphatic heterocycles. The first-order valence-corrected chi connectivity index (χ1v) is 5.54. The number of thiol groups is 1. The van der Waals surface area contributed by atoms with Gasteiger partial charge in [-0.3, -0.25) is 0 Å². The minimum Gasteiger partial charge on any atom is -0.143 e. The molecule has 0 saturated heterocycles. The van der Waals surface area contributed by atoms with E-state index in [0.717, 1.165) is 4.90 Å². The first kappa shape index (κ1) is 8.45. The highest BCUT2D eigenvalue weighted by atomic mass is 32.2. The molecule has 70 valence electrons. The van der Waals surface area contributed by atoms with E-state index in [2.05, 4.69) is 24.8 Å². The van der Waals surface area contributed by atoms with Crippen molar-refractivity contribution >= 4 is 24.4 Å². The van der Waals surface area contributed by atoms with Gasteiger partial charge in [0.25, 0.3) is 0 Å². The Morgan fingerprint density at radius 3 is 2.36 bits per heavy atom. The lowest BCUT2D eigenvalue weighted by molar-refractivity contribution is 1.35. The van der Waals surface area contributed by atoms with Crippen LogP contribution in [0.25, 0.3) is 0 Å². The van der Waals surface area contributed by atoms with E-state index in [-0.39, 0.29) is 0 Å². The Bertz CT molecular complexity index is 454. The highest BCUT2D eigenvalue weighted by molar-refractivity contribution is 7.99. The van der Waals surface area contributed by atoms with Crippen LogP contribution in [-0.2, 0) is 0 Å². The van der Waals surface area contributed by atoms with Gasteiger partial charge < -0.3 is 0 Å². The summed E-state index contributed by atoms with van der Waals surface area (Å²) in [5, 5.41) is 0. The Balaban J connectivity index is 2.22. The average molecular weight is 219 g/mol. The molecule has 0 spiro atoms. The molecule has 0 saturated carbocycles. The van der Waals surface area contributed by atoms with Gasteiger partial charge in [0.2, 0.25) is 0 Å². The summed E-state index contributed by atoms with van der Waals surface area (Å²) in [6, 6.07) is 16.3. The fourth-order valence-electron chi connectivity index (χ4n) is 1.09. The maximum atomic E-state index is 7.64. The molecule has 0 radical (unpaired) electrons. The number of benzene rings is 2. The van der Waals surface area contributed by atoms with Crippen LogP contribution in [0.15, 0.2) is 69.3 Å². The predicted octanol–water partition coefficient (Wildman–Crippen LogP) is 4.13. The molecule has 2 aromatic carbocycles. The Kier molecular flexibility index (Phi) is 2.76. The van der Waals surface area contributed by atoms with E-state index in [0.29, 0.717) is 10.9 Å². The molecular weight excluding hydrogens is 208 g/mol. The van der Waals surface area contributed by atoms with Gasteiger partial charge in [-0.05, 0) is 36.4 Å². The molecule has 0 unspecified atom stereocenters. The van der Waals surface area contributed by atoms with Gasteiger partial charge in [-0.2, -0.15) is 0 Å². The van der Waals surface area contributed by atoms with Crippen LogP contribution in [0.2, 0.25) is 0 Å². The van der Waals surface area contributed by atoms with Crippen molar-refractivity contribution in [3.8, 4) is 0 Å². The van der Waals surface area contributed by atoms with Crippen LogP contribution in [0.4, 0.5) is 0 Å². The molecule has 2 rings (SSSR count). The molecule has 0 fully saturated rings. The topological polar surface area (TPSA) is 0 Å². The van der Waals surface area contributed by atoms with Gasteiger partial charge in [0.15, 0.2) is 0 Å². The molecule has 0 amide bonds. The molecule has 0 heterocycles. The van der Waals surface area contributed by atoms with Gasteiger partial charge in [-0.1, -0.05) is 30.0 Å². The lowest BCUT2D eigenvalue weighted by Gasteiger charge is -2.00. The molecule has 0 aliphatic carbocycles. The molecule has 0 bridgehead atoms. The standard InChI is InChI=1S/C12H10S2/c13-10-6-8-12(9-7-10)14-11-4-2-1-3-5-11/h1-9,13H/i6D. The van der Waals surface area contributed by atoms with Crippen molar-refractivity contribution in [2.24, 2.45) is 0 Å². The van der Waals surface area contributed by atoms with Crippen LogP contribution >= 0.6 is 24.4 Å². The van der Waals surface area contributed by atoms with E-state index in [1.54, 1.807) is 11.8 Å². The van der Waals surface area contributed by atoms with Crippen molar-refractivity contribution < 1.29 is 1.37 Å². The monoisotopic (exact) mass is 219 g/mol. The van der Waals surface area contributed by atoms with Crippen molar-refractivity contribution in [3.63, 3.8) is 0 Å². The summed E-state index contributed by atoms with van der Waals surface area (Å²) in [4.78, 5) is 2.97. The zero-order valence-electron chi connectivity index (χ0n) is 8.47. The number of hydrogen-bond acceptors (Lipinski definition) is 2. The molecule has 2 aromatic rings. The first-order valence-electron chi connectivity index (χ1n) is 4.78. The molecule has 0 nitrogen and oxygen atoms in total. The van der Waals surface area contributed by atoms with E-state index in [4.69, 9.17) is 1.37 Å². The molecule has 0 aromatic heterocycles. The molecule has 2 heteroatoms. The van der Waals surface area contributed by atoms with E-state index in [1.165, 1.54) is 4.90 Å². The Morgan fingerprint density at radius 2 is 1.64 bits per heavy atom. The second-order valence-electron chi connectivity index (χ2n) is 2.82. The fraction of sp³-hybridized carbons (Fsp3) is 0. The van der Waals surface area contributed by atoms with Crippen molar-refractivity contribution in [3.05, 3.63) is 54.6 Å². The largest absolute Gasteiger partial charge is 0.143 e. The van der Waals surface area contributed by atoms with Crippen molar-refractivity contribution in [1.29, 1.82) is 0 Å². The van der Waals surface area contributed by atoms with Crippen molar-refractivity contribution in [1.82, 2.24) is 0 Å². The molecule has 0 N–H and O–H groups in total. The van der Waals surface area contributed by atoms with Crippen LogP contribution in [0.1, 0.15) is 1.37 Å². The summed E-state index contributed by atoms with van der Waals surface area (Å²) in [7, 11) is 0. The van der Waals surface area contributed by atoms with Crippen LogP contribution in [0.5, 0.6) is 0 Å². The first-order chi connectivity index (χ1) is 7.25. The SMILES string of the molecule is [2H]c1cc(Sc2ccccc2)ccc1S. The maximum absolute atomic E-state index is 7.64. The molecular formula is C12H10S2. The quantitative estimate of drug-likeness (QED) is 0.741. The van der Waals surface area contributed by atoms with Gasteiger partial charge >= 0.3 is 0 Å². The fourth-order valence-corrected chi connectivity index (χ4v) is 2.05. The summed E-state index contributed by atoms with van der Waals surface area (Å²) in [5.74, 6) is 0. The van der Waals surface area contributed by atoms with E-state index < -0.39 is 0 Å². The van der Waals surface area contributed by atoms with Gasteiger partial charge in [0.1, 0.15) is 0 Å². The van der Waals surface area contributed by atoms with Gasteiger partial charge in [0, 0.05) is 14.7 Å². The second kappa shape index (κ2) is 4.58. The van der Waals surface area contributed by atoms with E-state index in [9.17, 15) is 0 Å². The molecule has 0 aliphatic rings. The minimum absolute atomic E-state index is 0.472. The van der Waals surface area contributed by atoms with Crippen LogP contribution < -0.4 is 0 Å². The van der Waals surface area contributed by atoms with Crippen LogP contribution in [0, 0.1) is 0 Å². The highest BCUT2D eigenvalue weighted by Crippen LogP contribution is 2.27. The Hall–Kier alpha value is -0.860. The summed E-state index contributed by atoms with van der Waals surface area (Å²) in [6.07, 6.45) is 0.